The molecular weight excluding hydrogens is 472 g/mol. The largest absolute Gasteiger partial charge is 0.508 e. The third-order valence-corrected chi connectivity index (χ3v) is 6.64. The molecule has 0 amide bonds. The van der Waals surface area contributed by atoms with E-state index in [0.29, 0.717) is 24.5 Å². The quantitative estimate of drug-likeness (QED) is 0.299. The predicted molar refractivity (Wildman–Crippen MR) is 139 cm³/mol. The van der Waals surface area contributed by atoms with Crippen LogP contribution in [0.3, 0.4) is 0 Å². The fourth-order valence-electron chi connectivity index (χ4n) is 4.85. The first-order valence-electron chi connectivity index (χ1n) is 12.4. The molecule has 1 aromatic heterocycles. The Balaban J connectivity index is 1.55. The highest BCUT2D eigenvalue weighted by molar-refractivity contribution is 5.67. The minimum atomic E-state index is -1.01. The first kappa shape index (κ1) is 26.5. The number of benzene rings is 2. The fraction of sp³-hybridized carbons (Fsp3) is 0.407. The van der Waals surface area contributed by atoms with Gasteiger partial charge in [0.1, 0.15) is 12.4 Å². The Hall–Kier alpha value is -3.60. The van der Waals surface area contributed by atoms with Crippen LogP contribution in [0.5, 0.6) is 5.75 Å². The van der Waals surface area contributed by atoms with Gasteiger partial charge in [-0.1, -0.05) is 42.5 Å². The minimum absolute atomic E-state index is 0.0282. The minimum Gasteiger partial charge on any atom is -0.508 e. The van der Waals surface area contributed by atoms with E-state index in [1.54, 1.807) is 6.07 Å². The number of ether oxygens (including phenoxy) is 1. The number of aromatic hydroxyl groups is 1. The van der Waals surface area contributed by atoms with Gasteiger partial charge in [0, 0.05) is 37.3 Å². The number of tetrazole rings is 1. The molecule has 2 heterocycles. The summed E-state index contributed by atoms with van der Waals surface area (Å²) in [7, 11) is 0. The van der Waals surface area contributed by atoms with Crippen LogP contribution in [-0.4, -0.2) is 91.1 Å². The molecule has 37 heavy (non-hydrogen) atoms. The molecule has 4 rings (SSSR count). The number of carboxylic acids is 1. The van der Waals surface area contributed by atoms with Gasteiger partial charge in [-0.15, -0.1) is 16.8 Å². The normalized spacial score (nSPS) is 19.5. The van der Waals surface area contributed by atoms with E-state index in [2.05, 4.69) is 63.8 Å². The zero-order valence-electron chi connectivity index (χ0n) is 21.3. The van der Waals surface area contributed by atoms with Gasteiger partial charge < -0.3 is 14.9 Å². The van der Waals surface area contributed by atoms with Gasteiger partial charge in [-0.2, -0.15) is 4.80 Å². The van der Waals surface area contributed by atoms with Crippen LogP contribution < -0.4 is 0 Å². The maximum Gasteiger partial charge on any atom is 0.329 e. The van der Waals surface area contributed by atoms with E-state index < -0.39 is 5.97 Å². The summed E-state index contributed by atoms with van der Waals surface area (Å²) in [5, 5.41) is 31.5. The number of phenols is 1. The van der Waals surface area contributed by atoms with E-state index in [9.17, 15) is 9.90 Å². The Kier molecular flexibility index (Phi) is 8.65. The van der Waals surface area contributed by atoms with Crippen LogP contribution in [-0.2, 0) is 16.1 Å². The van der Waals surface area contributed by atoms with Crippen LogP contribution in [0.4, 0.5) is 0 Å². The number of piperazine rings is 1. The molecule has 3 aromatic rings. The average Bonchev–Trinajstić information content (AvgIpc) is 3.34. The molecule has 0 bridgehead atoms. The van der Waals surface area contributed by atoms with Crippen molar-refractivity contribution < 1.29 is 19.7 Å². The van der Waals surface area contributed by atoms with Crippen molar-refractivity contribution in [1.82, 2.24) is 30.0 Å². The Labute approximate surface area is 216 Å². The van der Waals surface area contributed by atoms with E-state index >= 15 is 0 Å². The van der Waals surface area contributed by atoms with Gasteiger partial charge in [-0.25, -0.2) is 4.79 Å². The number of aromatic nitrogens is 4. The first-order valence-corrected chi connectivity index (χ1v) is 12.4. The summed E-state index contributed by atoms with van der Waals surface area (Å²) in [6.45, 7) is 11.2. The van der Waals surface area contributed by atoms with Crippen molar-refractivity contribution >= 4 is 5.97 Å². The molecule has 196 valence electrons. The number of carboxylic acid groups (broad SMARTS) is 1. The summed E-state index contributed by atoms with van der Waals surface area (Å²) in [5.41, 5.74) is 2.97. The van der Waals surface area contributed by atoms with Crippen LogP contribution in [0, 0.1) is 0 Å². The molecule has 2 aromatic carbocycles. The van der Waals surface area contributed by atoms with E-state index in [0.717, 1.165) is 36.3 Å². The summed E-state index contributed by atoms with van der Waals surface area (Å²) in [6, 6.07) is 16.2. The molecule has 3 atom stereocenters. The molecule has 1 saturated heterocycles. The standard InChI is InChI=1S/C27H34N6O4/c1-4-12-31-16-20(3)32(17-19(31)2)26(23-6-5-7-24(34)15-23)21-8-10-22(11-9-21)27-28-30-33(29-27)13-14-37-18-25(35)36/h4-11,15,19-20,26,34H,1,12-14,16-18H2,2-3H3,(H,35,36)/t19-,20+,26-/m1/s1. The van der Waals surface area contributed by atoms with Crippen LogP contribution in [0.1, 0.15) is 31.0 Å². The van der Waals surface area contributed by atoms with Crippen molar-refractivity contribution in [3.63, 3.8) is 0 Å². The molecular formula is C27H34N6O4. The first-order chi connectivity index (χ1) is 17.9. The Morgan fingerprint density at radius 2 is 1.95 bits per heavy atom. The van der Waals surface area contributed by atoms with Gasteiger partial charge in [-0.05, 0) is 42.3 Å². The molecule has 1 aliphatic heterocycles. The number of phenolic OH excluding ortho intramolecular Hbond substituents is 1. The molecule has 0 radical (unpaired) electrons. The second kappa shape index (κ2) is 12.1. The van der Waals surface area contributed by atoms with Gasteiger partial charge in [0.05, 0.1) is 19.2 Å². The van der Waals surface area contributed by atoms with Gasteiger partial charge in [-0.3, -0.25) is 9.80 Å². The maximum atomic E-state index is 10.6. The van der Waals surface area contributed by atoms with Crippen LogP contribution in [0.25, 0.3) is 11.4 Å². The second-order valence-corrected chi connectivity index (χ2v) is 9.41. The van der Waals surface area contributed by atoms with Crippen molar-refractivity contribution in [3.8, 4) is 17.1 Å². The molecule has 1 aliphatic rings. The van der Waals surface area contributed by atoms with Gasteiger partial charge in [0.15, 0.2) is 0 Å². The second-order valence-electron chi connectivity index (χ2n) is 9.41. The molecule has 10 nitrogen and oxygen atoms in total. The molecule has 2 N–H and O–H groups in total. The lowest BCUT2D eigenvalue weighted by molar-refractivity contribution is -0.142. The molecule has 0 spiro atoms. The summed E-state index contributed by atoms with van der Waals surface area (Å²) < 4.78 is 5.04. The molecule has 0 unspecified atom stereocenters. The molecule has 1 fully saturated rings. The summed E-state index contributed by atoms with van der Waals surface area (Å²) in [6.07, 6.45) is 1.96. The van der Waals surface area contributed by atoms with Crippen LogP contribution >= 0.6 is 0 Å². The average molecular weight is 507 g/mol. The van der Waals surface area contributed by atoms with Crippen molar-refractivity contribution in [3.05, 3.63) is 72.3 Å². The fourth-order valence-corrected chi connectivity index (χ4v) is 4.85. The van der Waals surface area contributed by atoms with E-state index in [-0.39, 0.29) is 25.0 Å². The van der Waals surface area contributed by atoms with E-state index in [1.165, 1.54) is 4.80 Å². The lowest BCUT2D eigenvalue weighted by Crippen LogP contribution is -2.57. The zero-order chi connectivity index (χ0) is 26.4. The third-order valence-electron chi connectivity index (χ3n) is 6.64. The number of rotatable bonds is 11. The van der Waals surface area contributed by atoms with Crippen molar-refractivity contribution in [2.45, 2.75) is 38.5 Å². The summed E-state index contributed by atoms with van der Waals surface area (Å²) >= 11 is 0. The summed E-state index contributed by atoms with van der Waals surface area (Å²) in [4.78, 5) is 16.9. The highest BCUT2D eigenvalue weighted by atomic mass is 16.5. The lowest BCUT2D eigenvalue weighted by atomic mass is 9.92. The van der Waals surface area contributed by atoms with Gasteiger partial charge in [0.2, 0.25) is 5.82 Å². The topological polar surface area (TPSA) is 117 Å². The number of aliphatic carboxylic acids is 1. The van der Waals surface area contributed by atoms with Gasteiger partial charge >= 0.3 is 5.97 Å². The maximum absolute atomic E-state index is 10.6. The smallest absolute Gasteiger partial charge is 0.329 e. The SMILES string of the molecule is C=CCN1C[C@H](C)N([C@H](c2ccc(-c3nnn(CCOCC(=O)O)n3)cc2)c2cccc(O)c2)C[C@H]1C. The Morgan fingerprint density at radius 3 is 2.65 bits per heavy atom. The Morgan fingerprint density at radius 1 is 1.16 bits per heavy atom. The number of nitrogens with zero attached hydrogens (tertiary/aromatic N) is 6. The highest BCUT2D eigenvalue weighted by Crippen LogP contribution is 2.35. The van der Waals surface area contributed by atoms with Crippen molar-refractivity contribution in [1.29, 1.82) is 0 Å². The highest BCUT2D eigenvalue weighted by Gasteiger charge is 2.34. The van der Waals surface area contributed by atoms with Crippen LogP contribution in [0.15, 0.2) is 61.2 Å². The number of hydrogen-bond acceptors (Lipinski definition) is 8. The number of carbonyl (C=O) groups is 1. The lowest BCUT2D eigenvalue weighted by Gasteiger charge is -2.47. The predicted octanol–water partition coefficient (Wildman–Crippen LogP) is 2.82. The van der Waals surface area contributed by atoms with Crippen LogP contribution in [0.2, 0.25) is 0 Å². The van der Waals surface area contributed by atoms with Crippen molar-refractivity contribution in [2.75, 3.05) is 32.8 Å². The molecule has 10 heteroatoms. The monoisotopic (exact) mass is 506 g/mol. The number of hydrogen-bond donors (Lipinski definition) is 2. The van der Waals surface area contributed by atoms with Crippen molar-refractivity contribution in [2.24, 2.45) is 0 Å². The van der Waals surface area contributed by atoms with Gasteiger partial charge in [0.25, 0.3) is 0 Å². The molecule has 0 aliphatic carbocycles. The van der Waals surface area contributed by atoms with E-state index in [1.807, 2.05) is 30.3 Å². The third kappa shape index (κ3) is 6.59. The zero-order valence-corrected chi connectivity index (χ0v) is 21.3. The Bertz CT molecular complexity index is 1200. The molecule has 0 saturated carbocycles. The van der Waals surface area contributed by atoms with E-state index in [4.69, 9.17) is 9.84 Å². The summed E-state index contributed by atoms with van der Waals surface area (Å²) in [5.74, 6) is -0.282.